The smallest absolute Gasteiger partial charge is 0.346 e. The van der Waals surface area contributed by atoms with Crippen molar-refractivity contribution in [3.63, 3.8) is 0 Å². The molecule has 0 aliphatic rings. The minimum Gasteiger partial charge on any atom is -0.477 e. The summed E-state index contributed by atoms with van der Waals surface area (Å²) in [7, 11) is 0. The lowest BCUT2D eigenvalue weighted by Crippen LogP contribution is -1.96. The Morgan fingerprint density at radius 1 is 1.44 bits per heavy atom. The number of carbonyl (C=O) groups is 1. The summed E-state index contributed by atoms with van der Waals surface area (Å²) >= 11 is 6.14. The van der Waals surface area contributed by atoms with Crippen LogP contribution in [0.1, 0.15) is 15.2 Å². The van der Waals surface area contributed by atoms with Crippen LogP contribution in [-0.4, -0.2) is 11.1 Å². The average Bonchev–Trinajstić information content (AvgIpc) is 2.76. The van der Waals surface area contributed by atoms with Crippen molar-refractivity contribution < 1.29 is 9.90 Å². The second kappa shape index (κ2) is 5.77. The van der Waals surface area contributed by atoms with E-state index < -0.39 is 5.97 Å². The van der Waals surface area contributed by atoms with E-state index in [-0.39, 0.29) is 0 Å². The van der Waals surface area contributed by atoms with Crippen LogP contribution < -0.4 is 5.73 Å². The van der Waals surface area contributed by atoms with Gasteiger partial charge in [0.15, 0.2) is 0 Å². The van der Waals surface area contributed by atoms with E-state index in [1.165, 1.54) is 11.3 Å². The third kappa shape index (κ3) is 3.07. The molecule has 0 unspecified atom stereocenters. The molecule has 3 nitrogen and oxygen atoms in total. The van der Waals surface area contributed by atoms with Gasteiger partial charge in [0.2, 0.25) is 0 Å². The van der Waals surface area contributed by atoms with Gasteiger partial charge in [0.1, 0.15) is 4.88 Å². The summed E-state index contributed by atoms with van der Waals surface area (Å²) in [4.78, 5) is 12.3. The Balaban J connectivity index is 2.11. The van der Waals surface area contributed by atoms with Gasteiger partial charge in [-0.3, -0.25) is 0 Å². The van der Waals surface area contributed by atoms with Crippen LogP contribution in [0.3, 0.4) is 0 Å². The predicted octanol–water partition coefficient (Wildman–Crippen LogP) is 4.08. The van der Waals surface area contributed by atoms with Gasteiger partial charge in [-0.25, -0.2) is 4.79 Å². The first-order valence-electron chi connectivity index (χ1n) is 5.05. The Bertz CT molecular complexity index is 583. The number of thiophene rings is 1. The van der Waals surface area contributed by atoms with Gasteiger partial charge < -0.3 is 10.8 Å². The minimum atomic E-state index is -0.871. The Kier molecular flexibility index (Phi) is 4.31. The predicted molar refractivity (Wildman–Crippen MR) is 79.4 cm³/mol. The van der Waals surface area contributed by atoms with Crippen molar-refractivity contribution in [1.29, 1.82) is 0 Å². The van der Waals surface area contributed by atoms with Gasteiger partial charge in [0, 0.05) is 20.8 Å². The number of carboxylic acid groups (broad SMARTS) is 1. The van der Waals surface area contributed by atoms with E-state index in [0.717, 1.165) is 14.9 Å². The fourth-order valence-electron chi connectivity index (χ4n) is 1.44. The maximum absolute atomic E-state index is 11.0. The number of aromatic carboxylic acids is 1. The summed E-state index contributed by atoms with van der Waals surface area (Å²) in [5, 5.41) is 10.8. The third-order valence-electron chi connectivity index (χ3n) is 2.30. The van der Waals surface area contributed by atoms with Gasteiger partial charge >= 0.3 is 5.97 Å². The quantitative estimate of drug-likeness (QED) is 0.648. The maximum atomic E-state index is 11.0. The Labute approximate surface area is 121 Å². The van der Waals surface area contributed by atoms with Crippen LogP contribution in [0.15, 0.2) is 39.0 Å². The molecular weight excluding hydrogens is 334 g/mol. The van der Waals surface area contributed by atoms with E-state index in [2.05, 4.69) is 15.9 Å². The molecular formula is C12H10BrNO2S2. The van der Waals surface area contributed by atoms with E-state index in [1.54, 1.807) is 17.1 Å². The fraction of sp³-hybridized carbons (Fsp3) is 0.0833. The number of anilines is 1. The van der Waals surface area contributed by atoms with Crippen LogP contribution in [0.2, 0.25) is 0 Å². The first-order valence-corrected chi connectivity index (χ1v) is 7.71. The van der Waals surface area contributed by atoms with Gasteiger partial charge in [-0.15, -0.1) is 23.1 Å². The van der Waals surface area contributed by atoms with Crippen molar-refractivity contribution in [3.05, 3.63) is 44.6 Å². The number of thioether (sulfide) groups is 1. The fourth-order valence-corrected chi connectivity index (χ4v) is 3.62. The first kappa shape index (κ1) is 13.5. The number of benzene rings is 1. The van der Waals surface area contributed by atoms with Gasteiger partial charge in [0.05, 0.1) is 0 Å². The van der Waals surface area contributed by atoms with Crippen molar-refractivity contribution >= 4 is 50.7 Å². The highest BCUT2D eigenvalue weighted by Gasteiger charge is 2.12. The second-order valence-corrected chi connectivity index (χ2v) is 6.40. The molecule has 1 heterocycles. The molecule has 2 rings (SSSR count). The molecule has 0 atom stereocenters. The van der Waals surface area contributed by atoms with Crippen molar-refractivity contribution in [3.8, 4) is 0 Å². The van der Waals surface area contributed by atoms with Crippen LogP contribution in [0.4, 0.5) is 5.69 Å². The average molecular weight is 344 g/mol. The van der Waals surface area contributed by atoms with Crippen molar-refractivity contribution in [2.24, 2.45) is 0 Å². The van der Waals surface area contributed by atoms with Gasteiger partial charge in [-0.05, 0) is 35.2 Å². The highest BCUT2D eigenvalue weighted by molar-refractivity contribution is 9.10. The molecule has 0 saturated heterocycles. The highest BCUT2D eigenvalue weighted by atomic mass is 79.9. The number of rotatable bonds is 4. The topological polar surface area (TPSA) is 63.3 Å². The summed E-state index contributed by atoms with van der Waals surface area (Å²) in [6.07, 6.45) is 0. The second-order valence-electron chi connectivity index (χ2n) is 3.55. The van der Waals surface area contributed by atoms with Gasteiger partial charge in [-0.1, -0.05) is 15.9 Å². The standard InChI is InChI=1S/C12H10BrNO2S2/c13-8-1-2-10(9(14)5-8)18-6-7-3-4-17-11(7)12(15)16/h1-5H,6,14H2,(H,15,16). The number of nitrogen functional groups attached to an aromatic ring is 1. The number of hydrogen-bond acceptors (Lipinski definition) is 4. The van der Waals surface area contributed by atoms with Crippen molar-refractivity contribution in [2.75, 3.05) is 5.73 Å². The summed E-state index contributed by atoms with van der Waals surface area (Å²) in [5.41, 5.74) is 7.42. The molecule has 0 aliphatic heterocycles. The summed E-state index contributed by atoms with van der Waals surface area (Å²) in [5.74, 6) is -0.263. The lowest BCUT2D eigenvalue weighted by molar-refractivity contribution is 0.0701. The van der Waals surface area contributed by atoms with Gasteiger partial charge in [-0.2, -0.15) is 0 Å². The molecule has 2 aromatic rings. The lowest BCUT2D eigenvalue weighted by atomic mass is 10.3. The van der Waals surface area contributed by atoms with Gasteiger partial charge in [0.25, 0.3) is 0 Å². The molecule has 0 fully saturated rings. The van der Waals surface area contributed by atoms with E-state index in [4.69, 9.17) is 10.8 Å². The molecule has 0 spiro atoms. The number of hydrogen-bond donors (Lipinski definition) is 2. The number of carboxylic acids is 1. The van der Waals surface area contributed by atoms with Crippen LogP contribution in [0.5, 0.6) is 0 Å². The first-order chi connectivity index (χ1) is 8.58. The largest absolute Gasteiger partial charge is 0.477 e. The SMILES string of the molecule is Nc1cc(Br)ccc1SCc1ccsc1C(=O)O. The Morgan fingerprint density at radius 3 is 2.89 bits per heavy atom. The molecule has 0 bridgehead atoms. The molecule has 94 valence electrons. The van der Waals surface area contributed by atoms with Crippen LogP contribution in [0, 0.1) is 0 Å². The molecule has 18 heavy (non-hydrogen) atoms. The molecule has 0 aliphatic carbocycles. The summed E-state index contributed by atoms with van der Waals surface area (Å²) < 4.78 is 0.936. The number of halogens is 1. The zero-order chi connectivity index (χ0) is 13.1. The zero-order valence-corrected chi connectivity index (χ0v) is 12.4. The van der Waals surface area contributed by atoms with Crippen LogP contribution in [-0.2, 0) is 5.75 Å². The zero-order valence-electron chi connectivity index (χ0n) is 9.22. The molecule has 0 saturated carbocycles. The van der Waals surface area contributed by atoms with E-state index >= 15 is 0 Å². The van der Waals surface area contributed by atoms with Crippen LogP contribution >= 0.6 is 39.0 Å². The molecule has 6 heteroatoms. The number of nitrogens with two attached hydrogens (primary N) is 1. The highest BCUT2D eigenvalue weighted by Crippen LogP contribution is 2.32. The Hall–Kier alpha value is -0.980. The van der Waals surface area contributed by atoms with E-state index in [1.807, 2.05) is 24.3 Å². The van der Waals surface area contributed by atoms with Crippen molar-refractivity contribution in [1.82, 2.24) is 0 Å². The van der Waals surface area contributed by atoms with Crippen molar-refractivity contribution in [2.45, 2.75) is 10.6 Å². The third-order valence-corrected chi connectivity index (χ3v) is 4.87. The minimum absolute atomic E-state index is 0.401. The normalized spacial score (nSPS) is 10.5. The molecule has 1 aromatic carbocycles. The Morgan fingerprint density at radius 2 is 2.22 bits per heavy atom. The monoisotopic (exact) mass is 343 g/mol. The van der Waals surface area contributed by atoms with Crippen LogP contribution in [0.25, 0.3) is 0 Å². The van der Waals surface area contributed by atoms with E-state index in [0.29, 0.717) is 16.3 Å². The summed E-state index contributed by atoms with van der Waals surface area (Å²) in [6, 6.07) is 7.53. The molecule has 0 radical (unpaired) electrons. The molecule has 1 aromatic heterocycles. The molecule has 3 N–H and O–H groups in total. The van der Waals surface area contributed by atoms with E-state index in [9.17, 15) is 4.79 Å². The summed E-state index contributed by atoms with van der Waals surface area (Å²) in [6.45, 7) is 0. The molecule has 0 amide bonds. The lowest BCUT2D eigenvalue weighted by Gasteiger charge is -2.05. The maximum Gasteiger partial charge on any atom is 0.346 e.